The lowest BCUT2D eigenvalue weighted by Gasteiger charge is -2.16. The first-order valence-corrected chi connectivity index (χ1v) is 10.0. The Morgan fingerprint density at radius 2 is 2.19 bits per heavy atom. The average Bonchev–Trinajstić information content (AvgIpc) is 2.96. The van der Waals surface area contributed by atoms with Gasteiger partial charge in [0.25, 0.3) is 0 Å². The van der Waals surface area contributed by atoms with E-state index in [4.69, 9.17) is 5.26 Å². The van der Waals surface area contributed by atoms with Crippen LogP contribution in [0, 0.1) is 17.2 Å². The van der Waals surface area contributed by atoms with Crippen LogP contribution in [-0.4, -0.2) is 33.6 Å². The number of aromatic hydroxyl groups is 1. The number of amides is 1. The molecule has 0 spiro atoms. The van der Waals surface area contributed by atoms with E-state index in [1.165, 1.54) is 11.8 Å². The van der Waals surface area contributed by atoms with Gasteiger partial charge in [-0.3, -0.25) is 4.79 Å². The molecule has 2 rings (SSSR count). The maximum absolute atomic E-state index is 11.9. The van der Waals surface area contributed by atoms with Gasteiger partial charge in [-0.15, -0.1) is 11.8 Å². The molecule has 1 amide bonds. The number of aryl methyl sites for hydroxylation is 1. The maximum Gasteiger partial charge on any atom is 0.234 e. The molecule has 1 atom stereocenters. The molecular weight excluding hydrogens is 344 g/mol. The quantitative estimate of drug-likeness (QED) is 0.770. The lowest BCUT2D eigenvalue weighted by atomic mass is 9.99. The zero-order valence-corrected chi connectivity index (χ0v) is 16.4. The number of hydrogen-bond donors (Lipinski definition) is 1. The molecule has 0 bridgehead atoms. The molecule has 1 aliphatic rings. The Labute approximate surface area is 160 Å². The van der Waals surface area contributed by atoms with Crippen LogP contribution in [0.4, 0.5) is 0 Å². The van der Waals surface area contributed by atoms with Crippen LogP contribution >= 0.6 is 11.8 Å². The van der Waals surface area contributed by atoms with Crippen molar-refractivity contribution in [2.45, 2.75) is 39.0 Å². The molecule has 0 aliphatic carbocycles. The van der Waals surface area contributed by atoms with Crippen molar-refractivity contribution in [2.24, 2.45) is 5.92 Å². The second kappa shape index (κ2) is 9.49. The molecule has 1 saturated heterocycles. The largest absolute Gasteiger partial charge is 0.507 e. The van der Waals surface area contributed by atoms with Crippen LogP contribution in [0.25, 0.3) is 12.2 Å². The van der Waals surface area contributed by atoms with Gasteiger partial charge < -0.3 is 10.0 Å². The summed E-state index contributed by atoms with van der Waals surface area (Å²) in [5.74, 6) is 1.13. The first-order valence-electron chi connectivity index (χ1n) is 8.97. The minimum absolute atomic E-state index is 0.00383. The van der Waals surface area contributed by atoms with E-state index in [1.54, 1.807) is 4.90 Å². The van der Waals surface area contributed by atoms with Gasteiger partial charge in [0.05, 0.1) is 11.8 Å². The molecule has 1 aromatic rings. The summed E-state index contributed by atoms with van der Waals surface area (Å²) < 4.78 is 0. The van der Waals surface area contributed by atoms with Crippen LogP contribution in [0.15, 0.2) is 24.3 Å². The predicted molar refractivity (Wildman–Crippen MR) is 109 cm³/mol. The normalized spacial score (nSPS) is 17.7. The second-order valence-corrected chi connectivity index (χ2v) is 7.78. The van der Waals surface area contributed by atoms with Gasteiger partial charge in [0.15, 0.2) is 5.37 Å². The second-order valence-electron chi connectivity index (χ2n) is 6.71. The van der Waals surface area contributed by atoms with E-state index < -0.39 is 5.37 Å². The molecule has 1 unspecified atom stereocenters. The summed E-state index contributed by atoms with van der Waals surface area (Å²) in [5.41, 5.74) is 2.73. The van der Waals surface area contributed by atoms with Crippen LogP contribution in [0.3, 0.4) is 0 Å². The topological polar surface area (TPSA) is 64.3 Å². The van der Waals surface area contributed by atoms with Crippen LogP contribution in [0.5, 0.6) is 5.75 Å². The predicted octanol–water partition coefficient (Wildman–Crippen LogP) is 4.45. The van der Waals surface area contributed by atoms with E-state index in [1.807, 2.05) is 30.4 Å². The highest BCUT2D eigenvalue weighted by Crippen LogP contribution is 2.28. The minimum Gasteiger partial charge on any atom is -0.507 e. The van der Waals surface area contributed by atoms with Crippen molar-refractivity contribution in [1.29, 1.82) is 5.26 Å². The zero-order chi connectivity index (χ0) is 19.1. The summed E-state index contributed by atoms with van der Waals surface area (Å²) in [6.07, 6.45) is 9.66. The monoisotopic (exact) mass is 370 g/mol. The first-order chi connectivity index (χ1) is 12.5. The molecule has 0 aromatic heterocycles. The lowest BCUT2D eigenvalue weighted by molar-refractivity contribution is -0.126. The van der Waals surface area contributed by atoms with Crippen molar-refractivity contribution in [3.63, 3.8) is 0 Å². The van der Waals surface area contributed by atoms with E-state index in [0.29, 0.717) is 24.0 Å². The summed E-state index contributed by atoms with van der Waals surface area (Å²) in [6.45, 7) is 6.71. The van der Waals surface area contributed by atoms with Gasteiger partial charge in [0, 0.05) is 12.1 Å². The molecular formula is C21H26N2O2S. The van der Waals surface area contributed by atoms with Crippen molar-refractivity contribution < 1.29 is 9.90 Å². The highest BCUT2D eigenvalue weighted by atomic mass is 32.2. The molecule has 1 fully saturated rings. The van der Waals surface area contributed by atoms with E-state index in [9.17, 15) is 9.90 Å². The molecule has 26 heavy (non-hydrogen) atoms. The first kappa shape index (κ1) is 20.1. The minimum atomic E-state index is -0.396. The van der Waals surface area contributed by atoms with E-state index in [2.05, 4.69) is 32.9 Å². The smallest absolute Gasteiger partial charge is 0.234 e. The van der Waals surface area contributed by atoms with Gasteiger partial charge in [-0.05, 0) is 35.6 Å². The SMILES string of the molecule is CCCc1cc(C=CCN2C(=O)CSC2C#N)cc(C=CC(C)C)c1O. The Morgan fingerprint density at radius 3 is 2.85 bits per heavy atom. The highest BCUT2D eigenvalue weighted by molar-refractivity contribution is 8.01. The summed E-state index contributed by atoms with van der Waals surface area (Å²) in [6, 6.07) is 6.10. The fraction of sp³-hybridized carbons (Fsp3) is 0.429. The van der Waals surface area contributed by atoms with Crippen LogP contribution in [-0.2, 0) is 11.2 Å². The number of phenolic OH excluding ortho intramolecular Hbond substituents is 1. The highest BCUT2D eigenvalue weighted by Gasteiger charge is 2.30. The fourth-order valence-electron chi connectivity index (χ4n) is 2.78. The lowest BCUT2D eigenvalue weighted by Crippen LogP contribution is -2.31. The Balaban J connectivity index is 2.22. The Morgan fingerprint density at radius 1 is 1.42 bits per heavy atom. The zero-order valence-electron chi connectivity index (χ0n) is 15.6. The Bertz CT molecular complexity index is 747. The standard InChI is InChI=1S/C21H26N2O2S/c1-4-6-17-11-16(12-18(21(17)25)9-8-15(2)3)7-5-10-23-19(24)14-26-20(23)13-22/h5,7-9,11-12,15,20,25H,4,6,10,14H2,1-3H3. The van der Waals surface area contributed by atoms with E-state index in [-0.39, 0.29) is 5.91 Å². The molecule has 1 heterocycles. The number of nitrogens with zero attached hydrogens (tertiary/aromatic N) is 2. The third-order valence-electron chi connectivity index (χ3n) is 4.11. The maximum atomic E-state index is 11.9. The number of carbonyl (C=O) groups excluding carboxylic acids is 1. The molecule has 5 heteroatoms. The average molecular weight is 371 g/mol. The number of nitriles is 1. The fourth-order valence-corrected chi connectivity index (χ4v) is 3.71. The van der Waals surface area contributed by atoms with Crippen molar-refractivity contribution in [1.82, 2.24) is 4.90 Å². The number of phenols is 1. The van der Waals surface area contributed by atoms with Crippen molar-refractivity contribution >= 4 is 29.8 Å². The third-order valence-corrected chi connectivity index (χ3v) is 5.20. The molecule has 1 N–H and O–H groups in total. The van der Waals surface area contributed by atoms with Crippen molar-refractivity contribution in [2.75, 3.05) is 12.3 Å². The van der Waals surface area contributed by atoms with E-state index in [0.717, 1.165) is 29.5 Å². The molecule has 4 nitrogen and oxygen atoms in total. The molecule has 1 aromatic carbocycles. The van der Waals surface area contributed by atoms with Gasteiger partial charge in [-0.1, -0.05) is 51.5 Å². The molecule has 0 radical (unpaired) electrons. The van der Waals surface area contributed by atoms with Crippen LogP contribution < -0.4 is 0 Å². The number of hydrogen-bond acceptors (Lipinski definition) is 4. The molecule has 1 aliphatic heterocycles. The number of rotatable bonds is 7. The summed E-state index contributed by atoms with van der Waals surface area (Å²) in [7, 11) is 0. The third kappa shape index (κ3) is 5.15. The van der Waals surface area contributed by atoms with Gasteiger partial charge in [0.2, 0.25) is 5.91 Å². The molecule has 138 valence electrons. The summed E-state index contributed by atoms with van der Waals surface area (Å²) >= 11 is 1.37. The Kier molecular flexibility index (Phi) is 7.35. The number of allylic oxidation sites excluding steroid dienone is 1. The van der Waals surface area contributed by atoms with Crippen molar-refractivity contribution in [3.05, 3.63) is 41.0 Å². The van der Waals surface area contributed by atoms with Gasteiger partial charge in [-0.25, -0.2) is 0 Å². The van der Waals surface area contributed by atoms with Gasteiger partial charge >= 0.3 is 0 Å². The van der Waals surface area contributed by atoms with Gasteiger partial charge in [0.1, 0.15) is 5.75 Å². The summed E-state index contributed by atoms with van der Waals surface area (Å²) in [5, 5.41) is 19.2. The Hall–Kier alpha value is -2.19. The number of thioether (sulfide) groups is 1. The van der Waals surface area contributed by atoms with Crippen LogP contribution in [0.1, 0.15) is 43.9 Å². The summed E-state index contributed by atoms with van der Waals surface area (Å²) in [4.78, 5) is 13.4. The van der Waals surface area contributed by atoms with E-state index >= 15 is 0 Å². The van der Waals surface area contributed by atoms with Crippen molar-refractivity contribution in [3.8, 4) is 11.8 Å². The van der Waals surface area contributed by atoms with Crippen LogP contribution in [0.2, 0.25) is 0 Å². The number of benzene rings is 1. The molecule has 0 saturated carbocycles. The van der Waals surface area contributed by atoms with Gasteiger partial charge in [-0.2, -0.15) is 5.26 Å². The number of carbonyl (C=O) groups is 1.